The largest absolute Gasteiger partial charge is 0.508 e. The van der Waals surface area contributed by atoms with Crippen LogP contribution in [0.1, 0.15) is 51.7 Å². The molecule has 0 spiro atoms. The molecule has 0 unspecified atom stereocenters. The molecule has 1 N–H and O–H groups in total. The summed E-state index contributed by atoms with van der Waals surface area (Å²) in [5.41, 5.74) is 2.80. The lowest BCUT2D eigenvalue weighted by molar-refractivity contribution is 0.0735. The lowest BCUT2D eigenvalue weighted by Gasteiger charge is -2.44. The summed E-state index contributed by atoms with van der Waals surface area (Å²) in [6.45, 7) is 4.93. The number of ketones is 1. The van der Waals surface area contributed by atoms with E-state index in [4.69, 9.17) is 11.6 Å². The highest BCUT2D eigenvalue weighted by molar-refractivity contribution is 6.31. The van der Waals surface area contributed by atoms with Crippen molar-refractivity contribution in [1.29, 1.82) is 0 Å². The molecule has 4 nitrogen and oxygen atoms in total. The number of hydrogen-bond donors (Lipinski definition) is 1. The maximum Gasteiger partial charge on any atom is 0.167 e. The van der Waals surface area contributed by atoms with Crippen molar-refractivity contribution in [3.63, 3.8) is 0 Å². The van der Waals surface area contributed by atoms with E-state index in [0.29, 0.717) is 22.7 Å². The number of aromatic hydroxyl groups is 1. The number of rotatable bonds is 9. The Morgan fingerprint density at radius 2 is 1.92 bits per heavy atom. The van der Waals surface area contributed by atoms with E-state index in [-0.39, 0.29) is 29.2 Å². The first kappa shape index (κ1) is 27.3. The van der Waals surface area contributed by atoms with E-state index < -0.39 is 5.92 Å². The molecule has 3 aromatic rings. The van der Waals surface area contributed by atoms with Crippen LogP contribution in [0, 0.1) is 24.7 Å². The molecule has 195 valence electrons. The van der Waals surface area contributed by atoms with Crippen molar-refractivity contribution >= 4 is 17.4 Å². The Morgan fingerprint density at radius 1 is 1.14 bits per heavy atom. The minimum Gasteiger partial charge on any atom is -0.508 e. The smallest absolute Gasteiger partial charge is 0.167 e. The lowest BCUT2D eigenvalue weighted by atomic mass is 9.67. The molecule has 1 radical (unpaired) electrons. The van der Waals surface area contributed by atoms with Gasteiger partial charge in [0.15, 0.2) is 5.78 Å². The zero-order chi connectivity index (χ0) is 26.5. The molecule has 1 aliphatic heterocycles. The van der Waals surface area contributed by atoms with Gasteiger partial charge >= 0.3 is 0 Å². The summed E-state index contributed by atoms with van der Waals surface area (Å²) in [6.07, 6.45) is 2.07. The number of Topliss-reactive ketones (excluding diaryl/α,β-unsaturated/α-hetero) is 1. The topological polar surface area (TPSA) is 43.8 Å². The molecule has 1 heterocycles. The molecule has 1 saturated heterocycles. The van der Waals surface area contributed by atoms with Crippen LogP contribution < -0.4 is 0 Å². The molecule has 3 aromatic carbocycles. The Bertz CT molecular complexity index is 1230. The van der Waals surface area contributed by atoms with Gasteiger partial charge in [0.25, 0.3) is 0 Å². The third-order valence-electron chi connectivity index (χ3n) is 7.49. The number of halogens is 2. The Hall–Kier alpha value is -2.73. The maximum atomic E-state index is 14.8. The Labute approximate surface area is 224 Å². The molecule has 0 aromatic heterocycles. The zero-order valence-corrected chi connectivity index (χ0v) is 22.5. The van der Waals surface area contributed by atoms with E-state index in [2.05, 4.69) is 30.0 Å². The van der Waals surface area contributed by atoms with E-state index in [1.807, 2.05) is 18.2 Å². The van der Waals surface area contributed by atoms with Crippen LogP contribution in [0.4, 0.5) is 4.39 Å². The second-order valence-electron chi connectivity index (χ2n) is 10.3. The van der Waals surface area contributed by atoms with Gasteiger partial charge in [0.05, 0.1) is 0 Å². The monoisotopic (exact) mass is 521 g/mol. The number of benzene rings is 3. The third kappa shape index (κ3) is 6.40. The highest BCUT2D eigenvalue weighted by Crippen LogP contribution is 2.47. The van der Waals surface area contributed by atoms with Crippen LogP contribution >= 0.6 is 11.6 Å². The van der Waals surface area contributed by atoms with Crippen LogP contribution in [-0.2, 0) is 0 Å². The Kier molecular flexibility index (Phi) is 9.01. The van der Waals surface area contributed by atoms with Crippen molar-refractivity contribution in [2.45, 2.75) is 31.6 Å². The van der Waals surface area contributed by atoms with Gasteiger partial charge in [-0.2, -0.15) is 0 Å². The van der Waals surface area contributed by atoms with Gasteiger partial charge < -0.3 is 14.9 Å². The third-order valence-corrected chi connectivity index (χ3v) is 7.81. The second kappa shape index (κ2) is 12.2. The highest BCUT2D eigenvalue weighted by Gasteiger charge is 2.43. The predicted octanol–water partition coefficient (Wildman–Crippen LogP) is 6.32. The SMILES string of the molecule is Cc1c(F)cccc1[C@H]1[C@@H](C(=O)c2cccc(O)c2)CN(CCCCN(C)C)C[C@@H]1c1cc[c]cc1Cl. The number of likely N-dealkylation sites (tertiary alicyclic amines) is 1. The summed E-state index contributed by atoms with van der Waals surface area (Å²) in [5.74, 6) is -1.10. The van der Waals surface area contributed by atoms with E-state index in [9.17, 15) is 14.3 Å². The van der Waals surface area contributed by atoms with Gasteiger partial charge in [-0.3, -0.25) is 4.79 Å². The first-order valence-corrected chi connectivity index (χ1v) is 13.2. The summed E-state index contributed by atoms with van der Waals surface area (Å²) >= 11 is 6.71. The van der Waals surface area contributed by atoms with Crippen molar-refractivity contribution in [1.82, 2.24) is 9.80 Å². The molecule has 37 heavy (non-hydrogen) atoms. The van der Waals surface area contributed by atoms with Crippen LogP contribution in [0.2, 0.25) is 5.02 Å². The van der Waals surface area contributed by atoms with Gasteiger partial charge in [-0.05, 0) is 94.0 Å². The first-order chi connectivity index (χ1) is 17.8. The summed E-state index contributed by atoms with van der Waals surface area (Å²) in [5, 5.41) is 10.7. The molecule has 0 amide bonds. The van der Waals surface area contributed by atoms with Crippen molar-refractivity contribution in [3.05, 3.63) is 99.8 Å². The van der Waals surface area contributed by atoms with Crippen LogP contribution in [0.3, 0.4) is 0 Å². The standard InChI is InChI=1S/C31H35ClFN2O2/c1-21-24(13-9-15-29(21)33)30-26(25-12-4-5-14-28(25)32)19-35(17-7-6-16-34(2)3)20-27(30)31(37)22-10-8-11-23(36)18-22/h4,8-15,18,26-27,30,36H,6-7,16-17,19-20H2,1-3H3/t26-,27+,30-/m1/s1. The molecule has 1 fully saturated rings. The number of piperidine rings is 1. The van der Waals surface area contributed by atoms with Crippen LogP contribution in [0.5, 0.6) is 5.75 Å². The fourth-order valence-corrected chi connectivity index (χ4v) is 5.90. The average molecular weight is 522 g/mol. The number of phenolic OH excluding ortho intramolecular Hbond substituents is 1. The van der Waals surface area contributed by atoms with E-state index >= 15 is 0 Å². The summed E-state index contributed by atoms with van der Waals surface area (Å²) in [4.78, 5) is 18.6. The normalized spacial score (nSPS) is 20.3. The number of carbonyl (C=O) groups is 1. The van der Waals surface area contributed by atoms with E-state index in [1.165, 1.54) is 12.1 Å². The summed E-state index contributed by atoms with van der Waals surface area (Å²) in [7, 11) is 4.14. The van der Waals surface area contributed by atoms with Gasteiger partial charge in [-0.1, -0.05) is 48.0 Å². The fraction of sp³-hybridized carbons (Fsp3) is 0.387. The zero-order valence-electron chi connectivity index (χ0n) is 21.8. The minimum atomic E-state index is -0.435. The summed E-state index contributed by atoms with van der Waals surface area (Å²) in [6, 6.07) is 20.3. The van der Waals surface area contributed by atoms with Crippen LogP contribution in [0.15, 0.2) is 60.7 Å². The van der Waals surface area contributed by atoms with Crippen molar-refractivity contribution in [3.8, 4) is 5.75 Å². The second-order valence-corrected chi connectivity index (χ2v) is 10.7. The number of hydrogen-bond acceptors (Lipinski definition) is 4. The molecule has 1 aliphatic rings. The number of unbranched alkanes of at least 4 members (excludes halogenated alkanes) is 1. The van der Waals surface area contributed by atoms with Crippen molar-refractivity contribution in [2.24, 2.45) is 5.92 Å². The molecular weight excluding hydrogens is 487 g/mol. The lowest BCUT2D eigenvalue weighted by Crippen LogP contribution is -2.47. The van der Waals surface area contributed by atoms with Gasteiger partial charge in [-0.15, -0.1) is 0 Å². The highest BCUT2D eigenvalue weighted by atomic mass is 35.5. The van der Waals surface area contributed by atoms with Gasteiger partial charge in [0.1, 0.15) is 11.6 Å². The molecule has 0 bridgehead atoms. The van der Waals surface area contributed by atoms with Gasteiger partial charge in [-0.25, -0.2) is 4.39 Å². The quantitative estimate of drug-likeness (QED) is 0.264. The first-order valence-electron chi connectivity index (χ1n) is 12.9. The number of phenols is 1. The maximum absolute atomic E-state index is 14.8. The molecule has 3 atom stereocenters. The van der Waals surface area contributed by atoms with Crippen LogP contribution in [-0.4, -0.2) is 61.0 Å². The molecule has 0 saturated carbocycles. The fourth-order valence-electron chi connectivity index (χ4n) is 5.64. The molecule has 6 heteroatoms. The predicted molar refractivity (Wildman–Crippen MR) is 147 cm³/mol. The van der Waals surface area contributed by atoms with E-state index in [1.54, 1.807) is 37.3 Å². The Balaban J connectivity index is 1.79. The number of carbonyl (C=O) groups excluding carboxylic acids is 1. The minimum absolute atomic E-state index is 0.0498. The van der Waals surface area contributed by atoms with Crippen molar-refractivity contribution in [2.75, 3.05) is 40.3 Å². The molecule has 4 rings (SSSR count). The van der Waals surface area contributed by atoms with E-state index in [0.717, 1.165) is 43.6 Å². The van der Waals surface area contributed by atoms with Crippen molar-refractivity contribution < 1.29 is 14.3 Å². The molecule has 0 aliphatic carbocycles. The number of nitrogens with zero attached hydrogens (tertiary/aromatic N) is 2. The average Bonchev–Trinajstić information content (AvgIpc) is 2.88. The summed E-state index contributed by atoms with van der Waals surface area (Å²) < 4.78 is 14.8. The van der Waals surface area contributed by atoms with Crippen LogP contribution in [0.25, 0.3) is 0 Å². The Morgan fingerprint density at radius 3 is 2.65 bits per heavy atom. The molecular formula is C31H35ClFN2O2. The van der Waals surface area contributed by atoms with Gasteiger partial charge in [0, 0.05) is 41.4 Å². The van der Waals surface area contributed by atoms with Gasteiger partial charge in [0.2, 0.25) is 0 Å².